The van der Waals surface area contributed by atoms with Gasteiger partial charge in [0.05, 0.1) is 0 Å². The molecule has 0 N–H and O–H groups in total. The summed E-state index contributed by atoms with van der Waals surface area (Å²) in [7, 11) is 0. The van der Waals surface area contributed by atoms with Crippen molar-refractivity contribution in [2.45, 2.75) is 59.3 Å². The van der Waals surface area contributed by atoms with Crippen molar-refractivity contribution in [1.82, 2.24) is 0 Å². The van der Waals surface area contributed by atoms with E-state index in [1.54, 1.807) is 0 Å². The van der Waals surface area contributed by atoms with E-state index in [1.165, 1.54) is 0 Å². The lowest BCUT2D eigenvalue weighted by Crippen LogP contribution is -2.11. The molecule has 0 unspecified atom stereocenters. The first-order valence-electron chi connectivity index (χ1n) is 19.6. The number of hydrogen-bond acceptors (Lipinski definition) is 7. The molecule has 0 aliphatic heterocycles. The highest BCUT2D eigenvalue weighted by Crippen LogP contribution is 2.42. The highest BCUT2D eigenvalue weighted by Gasteiger charge is 2.27. The van der Waals surface area contributed by atoms with Gasteiger partial charge in [-0.15, -0.1) is 0 Å². The Morgan fingerprint density at radius 2 is 0.448 bits per heavy atom. The van der Waals surface area contributed by atoms with E-state index < -0.39 is 0 Å². The second-order valence-electron chi connectivity index (χ2n) is 15.1. The normalized spacial score (nSPS) is 11.7. The smallest absolute Gasteiger partial charge is 0.119 e. The lowest BCUT2D eigenvalue weighted by molar-refractivity contribution is 0.427. The summed E-state index contributed by atoms with van der Waals surface area (Å²) in [5, 5.41) is 0. The maximum atomic E-state index is 6.18. The molecule has 6 aromatic heterocycles. The monoisotopic (exact) mass is 767 g/mol. The summed E-state index contributed by atoms with van der Waals surface area (Å²) in [5.41, 5.74) is 6.17. The van der Waals surface area contributed by atoms with Gasteiger partial charge in [0.25, 0.3) is 0 Å². The predicted molar refractivity (Wildman–Crippen MR) is 225 cm³/mol. The van der Waals surface area contributed by atoms with E-state index in [0.717, 1.165) is 103 Å². The topological polar surface area (TPSA) is 82.1 Å². The highest BCUT2D eigenvalue weighted by atomic mass is 16.4. The summed E-state index contributed by atoms with van der Waals surface area (Å²) in [4.78, 5) is 2.27. The lowest BCUT2D eigenvalue weighted by Gasteiger charge is -2.27. The maximum Gasteiger partial charge on any atom is 0.119 e. The Labute approximate surface area is 338 Å². The van der Waals surface area contributed by atoms with Gasteiger partial charge in [-0.3, -0.25) is 0 Å². The van der Waals surface area contributed by atoms with Crippen LogP contribution in [0.25, 0.3) is 0 Å². The van der Waals surface area contributed by atoms with Crippen molar-refractivity contribution in [2.75, 3.05) is 4.90 Å². The van der Waals surface area contributed by atoms with Crippen molar-refractivity contribution in [1.29, 1.82) is 0 Å². The van der Waals surface area contributed by atoms with Gasteiger partial charge >= 0.3 is 0 Å². The Balaban J connectivity index is 1.12. The summed E-state index contributed by atoms with van der Waals surface area (Å²) in [6.45, 7) is 11.8. The second kappa shape index (κ2) is 15.2. The molecule has 0 amide bonds. The van der Waals surface area contributed by atoms with E-state index in [1.807, 2.05) is 114 Å². The molecule has 7 heteroatoms. The van der Waals surface area contributed by atoms with E-state index in [4.69, 9.17) is 26.5 Å². The summed E-state index contributed by atoms with van der Waals surface area (Å²) < 4.78 is 37.1. The molecule has 0 fully saturated rings. The zero-order valence-electron chi connectivity index (χ0n) is 33.5. The number of benzene rings is 3. The summed E-state index contributed by atoms with van der Waals surface area (Å²) in [6.07, 6.45) is 0. The first kappa shape index (κ1) is 36.8. The molecular weight excluding hydrogens is 723 g/mol. The van der Waals surface area contributed by atoms with Crippen molar-refractivity contribution in [2.24, 2.45) is 0 Å². The number of aryl methyl sites for hydroxylation is 6. The molecule has 0 spiro atoms. The molecule has 6 heterocycles. The summed E-state index contributed by atoms with van der Waals surface area (Å²) in [6, 6.07) is 50.1. The second-order valence-corrected chi connectivity index (χ2v) is 15.1. The zero-order chi connectivity index (χ0) is 39.9. The molecular formula is C51H45NO6. The molecule has 9 aromatic rings. The molecule has 3 aromatic carbocycles. The zero-order valence-corrected chi connectivity index (χ0v) is 33.5. The Hall–Kier alpha value is -6.86. The van der Waals surface area contributed by atoms with Crippen molar-refractivity contribution >= 4 is 17.1 Å². The van der Waals surface area contributed by atoms with Gasteiger partial charge in [0, 0.05) is 17.1 Å². The van der Waals surface area contributed by atoms with Crippen LogP contribution in [-0.4, -0.2) is 0 Å². The molecule has 0 bridgehead atoms. The van der Waals surface area contributed by atoms with E-state index >= 15 is 0 Å². The van der Waals surface area contributed by atoms with Gasteiger partial charge in [-0.1, -0.05) is 36.4 Å². The Bertz CT molecular complexity index is 2340. The van der Waals surface area contributed by atoms with Gasteiger partial charge in [-0.25, -0.2) is 0 Å². The first-order chi connectivity index (χ1) is 28.2. The Kier molecular flexibility index (Phi) is 9.66. The molecule has 0 radical (unpaired) electrons. The molecule has 0 atom stereocenters. The van der Waals surface area contributed by atoms with Crippen LogP contribution in [-0.2, 0) is 0 Å². The average molecular weight is 768 g/mol. The van der Waals surface area contributed by atoms with Gasteiger partial charge in [-0.2, -0.15) is 0 Å². The largest absolute Gasteiger partial charge is 0.465 e. The fourth-order valence-corrected chi connectivity index (χ4v) is 7.95. The molecule has 58 heavy (non-hydrogen) atoms. The number of furan rings is 6. The van der Waals surface area contributed by atoms with Crippen LogP contribution in [0.2, 0.25) is 0 Å². The number of rotatable bonds is 12. The third-order valence-electron chi connectivity index (χ3n) is 10.7. The van der Waals surface area contributed by atoms with E-state index in [0.29, 0.717) is 0 Å². The van der Waals surface area contributed by atoms with Crippen LogP contribution >= 0.6 is 0 Å². The molecule has 0 aliphatic carbocycles. The standard InChI is InChI=1S/C51H45NO6/c1-31-7-25-43(53-31)49(44-26-8-32(2)54-44)37-13-19-40(20-14-37)52(41-21-15-38(16-22-41)50(45-27-9-33(3)55-45)46-28-10-34(4)56-46)42-23-17-39(18-24-42)51(47-29-11-35(5)57-47)48-30-12-36(6)58-48/h7-30,49-51H,1-6H3. The minimum atomic E-state index is -0.191. The molecule has 9 rings (SSSR count). The molecule has 7 nitrogen and oxygen atoms in total. The SMILES string of the molecule is Cc1ccc(C(c2ccc(N(c3ccc(C(c4ccc(C)o4)c4ccc(C)o4)cc3)c3ccc(C(c4ccc(C)o4)c4ccc(C)o4)cc3)cc2)c2ccc(C)o2)o1. The lowest BCUT2D eigenvalue weighted by atomic mass is 9.92. The van der Waals surface area contributed by atoms with E-state index in [-0.39, 0.29) is 17.8 Å². The van der Waals surface area contributed by atoms with Crippen molar-refractivity contribution in [3.63, 3.8) is 0 Å². The van der Waals surface area contributed by atoms with Gasteiger partial charge < -0.3 is 31.4 Å². The van der Waals surface area contributed by atoms with Crippen molar-refractivity contribution in [3.05, 3.63) is 231 Å². The number of anilines is 3. The van der Waals surface area contributed by atoms with Crippen LogP contribution in [0, 0.1) is 41.5 Å². The number of nitrogens with zero attached hydrogens (tertiary/aromatic N) is 1. The van der Waals surface area contributed by atoms with Crippen LogP contribution in [0.5, 0.6) is 0 Å². The fraction of sp³-hybridized carbons (Fsp3) is 0.176. The van der Waals surface area contributed by atoms with Gasteiger partial charge in [0.1, 0.15) is 86.9 Å². The molecule has 290 valence electrons. The van der Waals surface area contributed by atoms with Crippen LogP contribution in [0.15, 0.2) is 172 Å². The number of hydrogen-bond donors (Lipinski definition) is 0. The van der Waals surface area contributed by atoms with Crippen molar-refractivity contribution in [3.8, 4) is 0 Å². The highest BCUT2D eigenvalue weighted by molar-refractivity contribution is 5.77. The quantitative estimate of drug-likeness (QED) is 0.122. The van der Waals surface area contributed by atoms with Crippen molar-refractivity contribution < 1.29 is 26.5 Å². The summed E-state index contributed by atoms with van der Waals surface area (Å²) >= 11 is 0. The van der Waals surface area contributed by atoms with E-state index in [2.05, 4.69) is 77.7 Å². The van der Waals surface area contributed by atoms with Crippen LogP contribution in [0.1, 0.15) is 104 Å². The Morgan fingerprint density at radius 1 is 0.259 bits per heavy atom. The van der Waals surface area contributed by atoms with Gasteiger partial charge in [-0.05, 0) is 167 Å². The van der Waals surface area contributed by atoms with Crippen LogP contribution in [0.4, 0.5) is 17.1 Å². The average Bonchev–Trinajstić information content (AvgIpc) is 4.10. The minimum absolute atomic E-state index is 0.191. The molecule has 0 aliphatic rings. The minimum Gasteiger partial charge on any atom is -0.465 e. The first-order valence-corrected chi connectivity index (χ1v) is 19.6. The third kappa shape index (κ3) is 7.27. The van der Waals surface area contributed by atoms with Gasteiger partial charge in [0.15, 0.2) is 0 Å². The Morgan fingerprint density at radius 3 is 0.603 bits per heavy atom. The van der Waals surface area contributed by atoms with Crippen LogP contribution < -0.4 is 4.90 Å². The third-order valence-corrected chi connectivity index (χ3v) is 10.7. The van der Waals surface area contributed by atoms with E-state index in [9.17, 15) is 0 Å². The fourth-order valence-electron chi connectivity index (χ4n) is 7.95. The van der Waals surface area contributed by atoms with Gasteiger partial charge in [0.2, 0.25) is 0 Å². The van der Waals surface area contributed by atoms with Crippen LogP contribution in [0.3, 0.4) is 0 Å². The predicted octanol–water partition coefficient (Wildman–Crippen LogP) is 14.1. The summed E-state index contributed by atoms with van der Waals surface area (Å²) in [5.74, 6) is 9.59. The molecule has 0 saturated carbocycles. The molecule has 0 saturated heterocycles. The maximum absolute atomic E-state index is 6.18.